The predicted octanol–water partition coefficient (Wildman–Crippen LogP) is 2.65. The van der Waals surface area contributed by atoms with Crippen molar-refractivity contribution < 1.29 is 26.4 Å². The molecule has 0 aliphatic rings. The molecular weight excluding hydrogens is 345 g/mol. The maximum Gasteiger partial charge on any atom is 0.255 e. The summed E-state index contributed by atoms with van der Waals surface area (Å²) in [5, 5.41) is 2.27. The summed E-state index contributed by atoms with van der Waals surface area (Å²) in [6.45, 7) is 1.57. The number of anilines is 1. The Kier molecular flexibility index (Phi) is 5.25. The highest BCUT2D eigenvalue weighted by Gasteiger charge is 2.20. The van der Waals surface area contributed by atoms with Crippen LogP contribution in [-0.4, -0.2) is 20.9 Å². The van der Waals surface area contributed by atoms with Crippen molar-refractivity contribution in [2.75, 3.05) is 11.9 Å². The molecule has 1 amide bonds. The van der Waals surface area contributed by atoms with Gasteiger partial charge in [0.05, 0.1) is 0 Å². The first-order valence-corrected chi connectivity index (χ1v) is 8.28. The number of nitrogens with one attached hydrogen (secondary N) is 2. The molecule has 0 bridgehead atoms. The van der Waals surface area contributed by atoms with E-state index in [4.69, 9.17) is 0 Å². The van der Waals surface area contributed by atoms with Crippen LogP contribution in [0.1, 0.15) is 17.3 Å². The fourth-order valence-electron chi connectivity index (χ4n) is 1.90. The van der Waals surface area contributed by atoms with Crippen LogP contribution < -0.4 is 10.0 Å². The van der Waals surface area contributed by atoms with Crippen molar-refractivity contribution in [3.05, 3.63) is 59.4 Å². The molecule has 5 nitrogen and oxygen atoms in total. The molecule has 0 aliphatic heterocycles. The Hall–Kier alpha value is -2.39. The first kappa shape index (κ1) is 18.0. The Morgan fingerprint density at radius 1 is 1.00 bits per heavy atom. The molecule has 0 aliphatic carbocycles. The second kappa shape index (κ2) is 7.02. The SMILES string of the molecule is CCNS(=O)(=O)c1cc(C(=O)Nc2ccc(F)c(F)c2)ccc1F. The van der Waals surface area contributed by atoms with Crippen molar-refractivity contribution in [2.24, 2.45) is 0 Å². The average molecular weight is 358 g/mol. The van der Waals surface area contributed by atoms with Gasteiger partial charge in [0.1, 0.15) is 10.7 Å². The normalized spacial score (nSPS) is 11.3. The van der Waals surface area contributed by atoms with E-state index in [-0.39, 0.29) is 17.8 Å². The number of hydrogen-bond donors (Lipinski definition) is 2. The molecule has 2 aromatic rings. The van der Waals surface area contributed by atoms with Crippen LogP contribution in [0, 0.1) is 17.5 Å². The highest BCUT2D eigenvalue weighted by molar-refractivity contribution is 7.89. The van der Waals surface area contributed by atoms with Crippen LogP contribution in [0.2, 0.25) is 0 Å². The summed E-state index contributed by atoms with van der Waals surface area (Å²) in [5.74, 6) is -4.04. The average Bonchev–Trinajstić information content (AvgIpc) is 2.51. The molecule has 0 saturated heterocycles. The molecule has 9 heteroatoms. The minimum absolute atomic E-state index is 0.0284. The molecule has 0 radical (unpaired) electrons. The summed E-state index contributed by atoms with van der Waals surface area (Å²) < 4.78 is 65.6. The maximum absolute atomic E-state index is 13.7. The van der Waals surface area contributed by atoms with Crippen molar-refractivity contribution in [3.63, 3.8) is 0 Å². The van der Waals surface area contributed by atoms with E-state index in [1.807, 2.05) is 0 Å². The zero-order valence-corrected chi connectivity index (χ0v) is 13.3. The first-order chi connectivity index (χ1) is 11.2. The number of carbonyl (C=O) groups excluding carboxylic acids is 1. The van der Waals surface area contributed by atoms with Crippen molar-refractivity contribution in [2.45, 2.75) is 11.8 Å². The molecule has 0 aromatic heterocycles. The van der Waals surface area contributed by atoms with E-state index < -0.39 is 38.3 Å². The third-order valence-electron chi connectivity index (χ3n) is 2.99. The Morgan fingerprint density at radius 2 is 1.67 bits per heavy atom. The van der Waals surface area contributed by atoms with Crippen molar-refractivity contribution >= 4 is 21.6 Å². The van der Waals surface area contributed by atoms with Gasteiger partial charge in [-0.25, -0.2) is 26.3 Å². The van der Waals surface area contributed by atoms with Gasteiger partial charge in [-0.15, -0.1) is 0 Å². The fourth-order valence-corrected chi connectivity index (χ4v) is 3.04. The van der Waals surface area contributed by atoms with Crippen molar-refractivity contribution in [3.8, 4) is 0 Å². The van der Waals surface area contributed by atoms with E-state index in [1.165, 1.54) is 6.92 Å². The Bertz CT molecular complexity index is 886. The second-order valence-electron chi connectivity index (χ2n) is 4.73. The van der Waals surface area contributed by atoms with E-state index in [1.54, 1.807) is 0 Å². The lowest BCUT2D eigenvalue weighted by Gasteiger charge is -2.09. The van der Waals surface area contributed by atoms with Crippen LogP contribution in [0.5, 0.6) is 0 Å². The van der Waals surface area contributed by atoms with Gasteiger partial charge in [0.15, 0.2) is 11.6 Å². The standard InChI is InChI=1S/C15H13F3N2O3S/c1-2-19-24(22,23)14-7-9(3-5-12(14)17)15(21)20-10-4-6-11(16)13(18)8-10/h3-8,19H,2H2,1H3,(H,20,21). The highest BCUT2D eigenvalue weighted by atomic mass is 32.2. The summed E-state index contributed by atoms with van der Waals surface area (Å²) in [7, 11) is -4.10. The number of amides is 1. The van der Waals surface area contributed by atoms with Gasteiger partial charge < -0.3 is 5.32 Å². The second-order valence-corrected chi connectivity index (χ2v) is 6.46. The van der Waals surface area contributed by atoms with Gasteiger partial charge in [-0.2, -0.15) is 0 Å². The lowest BCUT2D eigenvalue weighted by molar-refractivity contribution is 0.102. The zero-order chi connectivity index (χ0) is 17.9. The van der Waals surface area contributed by atoms with Gasteiger partial charge in [-0.05, 0) is 30.3 Å². The monoisotopic (exact) mass is 358 g/mol. The molecule has 0 heterocycles. The number of sulfonamides is 1. The summed E-state index contributed by atoms with van der Waals surface area (Å²) in [5.41, 5.74) is -0.183. The minimum atomic E-state index is -4.10. The van der Waals surface area contributed by atoms with Crippen LogP contribution in [-0.2, 0) is 10.0 Å². The predicted molar refractivity (Wildman–Crippen MR) is 81.6 cm³/mol. The van der Waals surface area contributed by atoms with Gasteiger partial charge in [-0.3, -0.25) is 4.79 Å². The van der Waals surface area contributed by atoms with E-state index in [0.717, 1.165) is 36.4 Å². The molecule has 0 saturated carbocycles. The molecular formula is C15H13F3N2O3S. The lowest BCUT2D eigenvalue weighted by atomic mass is 10.2. The first-order valence-electron chi connectivity index (χ1n) is 6.80. The van der Waals surface area contributed by atoms with Crippen molar-refractivity contribution in [1.29, 1.82) is 0 Å². The zero-order valence-electron chi connectivity index (χ0n) is 12.4. The molecule has 0 atom stereocenters. The van der Waals surface area contributed by atoms with Gasteiger partial charge in [0, 0.05) is 23.9 Å². The van der Waals surface area contributed by atoms with Gasteiger partial charge in [0.2, 0.25) is 10.0 Å². The maximum atomic E-state index is 13.7. The Morgan fingerprint density at radius 3 is 2.29 bits per heavy atom. The molecule has 0 fully saturated rings. The van der Waals surface area contributed by atoms with Gasteiger partial charge in [-0.1, -0.05) is 6.92 Å². The minimum Gasteiger partial charge on any atom is -0.322 e. The fraction of sp³-hybridized carbons (Fsp3) is 0.133. The van der Waals surface area contributed by atoms with Crippen LogP contribution >= 0.6 is 0 Å². The Balaban J connectivity index is 2.32. The number of rotatable bonds is 5. The smallest absolute Gasteiger partial charge is 0.255 e. The number of halogens is 3. The molecule has 0 spiro atoms. The molecule has 128 valence electrons. The van der Waals surface area contributed by atoms with E-state index >= 15 is 0 Å². The summed E-state index contributed by atoms with van der Waals surface area (Å²) >= 11 is 0. The van der Waals surface area contributed by atoms with E-state index in [9.17, 15) is 26.4 Å². The molecule has 2 N–H and O–H groups in total. The molecule has 24 heavy (non-hydrogen) atoms. The highest BCUT2D eigenvalue weighted by Crippen LogP contribution is 2.18. The third kappa shape index (κ3) is 3.92. The molecule has 2 rings (SSSR count). The Labute approximate surface area is 136 Å². The molecule has 2 aromatic carbocycles. The van der Waals surface area contributed by atoms with Crippen LogP contribution in [0.4, 0.5) is 18.9 Å². The van der Waals surface area contributed by atoms with Crippen LogP contribution in [0.25, 0.3) is 0 Å². The number of hydrogen-bond acceptors (Lipinski definition) is 3. The summed E-state index contributed by atoms with van der Waals surface area (Å²) in [6.07, 6.45) is 0. The summed E-state index contributed by atoms with van der Waals surface area (Å²) in [6, 6.07) is 5.52. The summed E-state index contributed by atoms with van der Waals surface area (Å²) in [4.78, 5) is 11.4. The van der Waals surface area contributed by atoms with Gasteiger partial charge >= 0.3 is 0 Å². The quantitative estimate of drug-likeness (QED) is 0.863. The van der Waals surface area contributed by atoms with Crippen molar-refractivity contribution in [1.82, 2.24) is 4.72 Å². The number of benzene rings is 2. The van der Waals surface area contributed by atoms with E-state index in [2.05, 4.69) is 10.0 Å². The number of carbonyl (C=O) groups is 1. The third-order valence-corrected chi connectivity index (χ3v) is 4.56. The largest absolute Gasteiger partial charge is 0.322 e. The van der Waals surface area contributed by atoms with Crippen LogP contribution in [0.3, 0.4) is 0 Å². The topological polar surface area (TPSA) is 75.3 Å². The molecule has 0 unspecified atom stereocenters. The van der Waals surface area contributed by atoms with E-state index in [0.29, 0.717) is 0 Å². The van der Waals surface area contributed by atoms with Gasteiger partial charge in [0.25, 0.3) is 5.91 Å². The lowest BCUT2D eigenvalue weighted by Crippen LogP contribution is -2.24. The van der Waals surface area contributed by atoms with Crippen LogP contribution in [0.15, 0.2) is 41.3 Å².